The van der Waals surface area contributed by atoms with E-state index < -0.39 is 61.8 Å². The van der Waals surface area contributed by atoms with Gasteiger partial charge in [0.15, 0.2) is 0 Å². The van der Waals surface area contributed by atoms with Crippen LogP contribution in [-0.4, -0.2) is 16.4 Å². The largest absolute Gasteiger partial charge is 0.418 e. The van der Waals surface area contributed by atoms with Crippen LogP contribution in [0, 0.1) is 0 Å². The van der Waals surface area contributed by atoms with Crippen LogP contribution in [0.1, 0.15) is 16.7 Å². The van der Waals surface area contributed by atoms with Gasteiger partial charge in [-0.25, -0.2) is 4.21 Å². The number of rotatable bonds is 3. The molecule has 0 spiro atoms. The number of nitrogens with two attached hydrogens (primary N) is 1. The summed E-state index contributed by atoms with van der Waals surface area (Å²) in [6, 6.07) is 0.305. The van der Waals surface area contributed by atoms with Crippen molar-refractivity contribution < 1.29 is 35.3 Å². The molecule has 1 atom stereocenters. The van der Waals surface area contributed by atoms with Crippen LogP contribution in [0.3, 0.4) is 0 Å². The number of carbonyl (C=O) groups is 1. The van der Waals surface area contributed by atoms with Gasteiger partial charge in [-0.2, -0.15) is 30.7 Å². The first-order chi connectivity index (χ1) is 11.6. The predicted octanol–water partition coefficient (Wildman–Crippen LogP) is 3.35. The molecule has 26 heavy (non-hydrogen) atoms. The van der Waals surface area contributed by atoms with Crippen LogP contribution in [0.5, 0.6) is 0 Å². The van der Waals surface area contributed by atoms with E-state index >= 15 is 0 Å². The average Bonchev–Trinajstić information content (AvgIpc) is 2.42. The molecule has 5 nitrogen and oxygen atoms in total. The number of fused-ring (bicyclic) bond motifs is 1. The molecule has 0 saturated carbocycles. The summed E-state index contributed by atoms with van der Waals surface area (Å²) in [6.45, 7) is 3.22. The zero-order valence-electron chi connectivity index (χ0n) is 13.0. The lowest BCUT2D eigenvalue weighted by Crippen LogP contribution is -2.26. The standard InChI is InChI=1S/C14H11F6N3O2S/c1-6(12(21)24)22-10-5-26(2,25)23-11-8(10)3-7(13(15,16)17)4-9(11)14(18,19)20/h3-5,22H,1H2,2H3,(H2,21,24). The maximum Gasteiger partial charge on any atom is 0.418 e. The van der Waals surface area contributed by atoms with Gasteiger partial charge in [-0.1, -0.05) is 6.58 Å². The second-order valence-electron chi connectivity index (χ2n) is 5.37. The van der Waals surface area contributed by atoms with Crippen molar-refractivity contribution in [2.24, 2.45) is 10.1 Å². The van der Waals surface area contributed by atoms with Crippen LogP contribution in [0.4, 0.5) is 32.0 Å². The summed E-state index contributed by atoms with van der Waals surface area (Å²) in [7, 11) is -3.37. The quantitative estimate of drug-likeness (QED) is 0.604. The van der Waals surface area contributed by atoms with Gasteiger partial charge in [-0.15, -0.1) is 0 Å². The summed E-state index contributed by atoms with van der Waals surface area (Å²) < 4.78 is 94.5. The molecule has 0 aliphatic carbocycles. The summed E-state index contributed by atoms with van der Waals surface area (Å²) in [5.41, 5.74) is -0.837. The highest BCUT2D eigenvalue weighted by molar-refractivity contribution is 7.96. The molecule has 0 radical (unpaired) electrons. The predicted molar refractivity (Wildman–Crippen MR) is 82.0 cm³/mol. The Morgan fingerprint density at radius 2 is 1.77 bits per heavy atom. The van der Waals surface area contributed by atoms with Crippen LogP contribution in [-0.2, 0) is 26.9 Å². The molecule has 0 saturated heterocycles. The maximum absolute atomic E-state index is 13.3. The van der Waals surface area contributed by atoms with Crippen LogP contribution < -0.4 is 11.1 Å². The summed E-state index contributed by atoms with van der Waals surface area (Å²) in [5, 5.41) is 3.03. The second kappa shape index (κ2) is 6.04. The normalized spacial score (nSPS) is 19.9. The Bertz CT molecular complexity index is 953. The van der Waals surface area contributed by atoms with Gasteiger partial charge < -0.3 is 11.1 Å². The number of nitrogens with one attached hydrogen (secondary N) is 1. The Morgan fingerprint density at radius 1 is 1.19 bits per heavy atom. The fourth-order valence-corrected chi connectivity index (χ4v) is 3.36. The first-order valence-corrected chi connectivity index (χ1v) is 8.63. The third-order valence-electron chi connectivity index (χ3n) is 3.22. The Balaban J connectivity index is 2.84. The second-order valence-corrected chi connectivity index (χ2v) is 7.51. The lowest BCUT2D eigenvalue weighted by molar-refractivity contribution is -0.142. The molecule has 1 heterocycles. The van der Waals surface area contributed by atoms with Gasteiger partial charge in [0.1, 0.15) is 0 Å². The van der Waals surface area contributed by atoms with Crippen molar-refractivity contribution in [3.05, 3.63) is 46.5 Å². The number of nitrogens with zero attached hydrogens (tertiary/aromatic N) is 1. The van der Waals surface area contributed by atoms with E-state index in [2.05, 4.69) is 16.3 Å². The van der Waals surface area contributed by atoms with Crippen LogP contribution in [0.2, 0.25) is 0 Å². The maximum atomic E-state index is 13.3. The number of alkyl halides is 6. The zero-order chi connectivity index (χ0) is 20.1. The van der Waals surface area contributed by atoms with Crippen LogP contribution in [0.15, 0.2) is 34.2 Å². The summed E-state index contributed by atoms with van der Waals surface area (Å²) in [5.74, 6) is -1.10. The highest BCUT2D eigenvalue weighted by atomic mass is 32.2. The molecule has 1 unspecified atom stereocenters. The van der Waals surface area contributed by atoms with Gasteiger partial charge in [-0.05, 0) is 12.1 Å². The molecule has 1 aliphatic rings. The van der Waals surface area contributed by atoms with E-state index in [9.17, 15) is 35.3 Å². The minimum absolute atomic E-state index is 0.107. The lowest BCUT2D eigenvalue weighted by atomic mass is 9.99. The van der Waals surface area contributed by atoms with Crippen molar-refractivity contribution in [2.45, 2.75) is 12.4 Å². The highest BCUT2D eigenvalue weighted by Crippen LogP contribution is 2.46. The van der Waals surface area contributed by atoms with E-state index in [0.717, 1.165) is 11.7 Å². The number of hydrogen-bond acceptors (Lipinski definition) is 4. The molecule has 2 rings (SSSR count). The molecule has 1 aliphatic heterocycles. The smallest absolute Gasteiger partial charge is 0.364 e. The van der Waals surface area contributed by atoms with E-state index in [1.54, 1.807) is 0 Å². The van der Waals surface area contributed by atoms with Gasteiger partial charge in [0.25, 0.3) is 5.91 Å². The minimum Gasteiger partial charge on any atom is -0.364 e. The Kier molecular flexibility index (Phi) is 4.60. The SMILES string of the molecule is C=C(NC1=CS(C)(=O)=Nc2c1cc(C(F)(F)F)cc2C(F)(F)F)C(N)=O. The van der Waals surface area contributed by atoms with Crippen molar-refractivity contribution in [3.63, 3.8) is 0 Å². The van der Waals surface area contributed by atoms with Gasteiger partial charge in [0.05, 0.1) is 37.9 Å². The average molecular weight is 399 g/mol. The van der Waals surface area contributed by atoms with Crippen molar-refractivity contribution in [1.29, 1.82) is 0 Å². The summed E-state index contributed by atoms with van der Waals surface area (Å²) >= 11 is 0. The fraction of sp³-hybridized carbons (Fsp3) is 0.214. The molecule has 1 aromatic carbocycles. The molecule has 142 valence electrons. The molecule has 3 N–H and O–H groups in total. The summed E-state index contributed by atoms with van der Waals surface area (Å²) in [4.78, 5) is 11.1. The summed E-state index contributed by atoms with van der Waals surface area (Å²) in [6.07, 6.45) is -9.28. The van der Waals surface area contributed by atoms with Crippen molar-refractivity contribution >= 4 is 27.0 Å². The number of benzene rings is 1. The molecule has 12 heteroatoms. The van der Waals surface area contributed by atoms with Crippen molar-refractivity contribution in [2.75, 3.05) is 6.26 Å². The zero-order valence-corrected chi connectivity index (χ0v) is 13.8. The molecule has 1 amide bonds. The van der Waals surface area contributed by atoms with Crippen molar-refractivity contribution in [3.8, 4) is 0 Å². The molecule has 0 aromatic heterocycles. The molecular formula is C14H11F6N3O2S. The molecule has 1 aromatic rings. The van der Waals surface area contributed by atoms with E-state index in [1.807, 2.05) is 0 Å². The monoisotopic (exact) mass is 399 g/mol. The van der Waals surface area contributed by atoms with Crippen molar-refractivity contribution in [1.82, 2.24) is 5.32 Å². The minimum atomic E-state index is -5.19. The molecular weight excluding hydrogens is 388 g/mol. The molecule has 0 bridgehead atoms. The first kappa shape index (κ1) is 19.8. The number of amides is 1. The first-order valence-electron chi connectivity index (χ1n) is 6.64. The van der Waals surface area contributed by atoms with Crippen LogP contribution in [0.25, 0.3) is 5.70 Å². The van der Waals surface area contributed by atoms with Gasteiger partial charge >= 0.3 is 12.4 Å². The lowest BCUT2D eigenvalue weighted by Gasteiger charge is -2.23. The van der Waals surface area contributed by atoms with E-state index in [0.29, 0.717) is 6.07 Å². The third-order valence-corrected chi connectivity index (χ3v) is 4.44. The van der Waals surface area contributed by atoms with Gasteiger partial charge in [-0.3, -0.25) is 4.79 Å². The highest BCUT2D eigenvalue weighted by Gasteiger charge is 2.41. The Hall–Kier alpha value is -2.50. The topological polar surface area (TPSA) is 84.6 Å². The number of halogens is 6. The van der Waals surface area contributed by atoms with E-state index in [-0.39, 0.29) is 6.07 Å². The Morgan fingerprint density at radius 3 is 2.23 bits per heavy atom. The number of carbonyl (C=O) groups excluding carboxylic acids is 1. The van der Waals surface area contributed by atoms with Gasteiger partial charge in [0, 0.05) is 17.2 Å². The Labute approximate surface area is 143 Å². The number of hydrogen-bond donors (Lipinski definition) is 2. The third kappa shape index (κ3) is 4.00. The number of primary amides is 1. The van der Waals surface area contributed by atoms with E-state index in [1.165, 1.54) is 0 Å². The van der Waals surface area contributed by atoms with Crippen LogP contribution >= 0.6 is 0 Å². The fourth-order valence-electron chi connectivity index (χ4n) is 2.13. The van der Waals surface area contributed by atoms with E-state index in [4.69, 9.17) is 5.73 Å². The van der Waals surface area contributed by atoms with Gasteiger partial charge in [0.2, 0.25) is 0 Å². The molecule has 0 fully saturated rings.